The molecular weight excluding hydrogens is 428 g/mol. The molecule has 3 aromatic heterocycles. The van der Waals surface area contributed by atoms with Crippen LogP contribution in [0.1, 0.15) is 5.76 Å². The summed E-state index contributed by atoms with van der Waals surface area (Å²) >= 11 is 6.60. The standard InChI is InChI=1S/C14H8Br2N6O/c15-9-5-7(23-12(9)16)6-17-21-14-19-13-11(20-22-14)8-3-1-2-4-10(8)18-13/h1-6H,(H2,18,19,21,22). The molecule has 2 N–H and O–H groups in total. The van der Waals surface area contributed by atoms with Gasteiger partial charge in [0.15, 0.2) is 10.3 Å². The van der Waals surface area contributed by atoms with Crippen molar-refractivity contribution in [3.8, 4) is 0 Å². The minimum Gasteiger partial charge on any atom is -0.447 e. The third-order valence-electron chi connectivity index (χ3n) is 3.14. The molecule has 0 saturated heterocycles. The van der Waals surface area contributed by atoms with Crippen LogP contribution in [-0.2, 0) is 0 Å². The number of anilines is 1. The van der Waals surface area contributed by atoms with E-state index in [9.17, 15) is 0 Å². The number of aromatic amines is 1. The highest BCUT2D eigenvalue weighted by molar-refractivity contribution is 9.13. The maximum Gasteiger partial charge on any atom is 0.265 e. The second-order valence-corrected chi connectivity index (χ2v) is 6.22. The van der Waals surface area contributed by atoms with Gasteiger partial charge in [0.2, 0.25) is 0 Å². The Balaban J connectivity index is 1.60. The second-order valence-electron chi connectivity index (χ2n) is 4.64. The van der Waals surface area contributed by atoms with Gasteiger partial charge >= 0.3 is 0 Å². The number of nitrogens with zero attached hydrogens (tertiary/aromatic N) is 4. The lowest BCUT2D eigenvalue weighted by atomic mass is 10.2. The summed E-state index contributed by atoms with van der Waals surface area (Å²) in [4.78, 5) is 7.56. The summed E-state index contributed by atoms with van der Waals surface area (Å²) in [7, 11) is 0. The van der Waals surface area contributed by atoms with Crippen molar-refractivity contribution in [2.45, 2.75) is 0 Å². The number of benzene rings is 1. The van der Waals surface area contributed by atoms with Crippen LogP contribution in [0.25, 0.3) is 22.1 Å². The third-order valence-corrected chi connectivity index (χ3v) is 4.85. The number of rotatable bonds is 3. The normalized spacial score (nSPS) is 11.7. The molecule has 0 atom stereocenters. The van der Waals surface area contributed by atoms with E-state index in [1.165, 1.54) is 6.21 Å². The fourth-order valence-electron chi connectivity index (χ4n) is 2.15. The van der Waals surface area contributed by atoms with E-state index in [1.54, 1.807) is 6.07 Å². The van der Waals surface area contributed by atoms with Crippen molar-refractivity contribution in [2.24, 2.45) is 5.10 Å². The zero-order valence-corrected chi connectivity index (χ0v) is 14.6. The number of aromatic nitrogens is 4. The van der Waals surface area contributed by atoms with Gasteiger partial charge in [0.25, 0.3) is 5.95 Å². The molecule has 7 nitrogen and oxygen atoms in total. The van der Waals surface area contributed by atoms with Gasteiger partial charge in [-0.3, -0.25) is 0 Å². The number of halogens is 2. The SMILES string of the molecule is Brc1cc(C=NNc2nnc3c(n2)[nH]c2ccccc23)oc1Br. The lowest BCUT2D eigenvalue weighted by Crippen LogP contribution is -1.98. The number of H-pyrrole nitrogens is 1. The first kappa shape index (κ1) is 14.3. The van der Waals surface area contributed by atoms with Crippen LogP contribution in [0.15, 0.2) is 49.0 Å². The molecule has 0 aliphatic rings. The largest absolute Gasteiger partial charge is 0.447 e. The number of para-hydroxylation sites is 1. The molecule has 0 bridgehead atoms. The first-order chi connectivity index (χ1) is 11.2. The highest BCUT2D eigenvalue weighted by atomic mass is 79.9. The molecule has 0 radical (unpaired) electrons. The van der Waals surface area contributed by atoms with Crippen LogP contribution in [0.3, 0.4) is 0 Å². The summed E-state index contributed by atoms with van der Waals surface area (Å²) in [5.41, 5.74) is 5.09. The Morgan fingerprint density at radius 2 is 2.09 bits per heavy atom. The molecular formula is C14H8Br2N6O. The summed E-state index contributed by atoms with van der Waals surface area (Å²) in [6.45, 7) is 0. The van der Waals surface area contributed by atoms with Crippen LogP contribution in [0.2, 0.25) is 0 Å². The number of hydrazone groups is 1. The summed E-state index contributed by atoms with van der Waals surface area (Å²) in [6, 6.07) is 9.63. The number of hydrogen-bond acceptors (Lipinski definition) is 6. The topological polar surface area (TPSA) is 92.0 Å². The Labute approximate surface area is 146 Å². The van der Waals surface area contributed by atoms with Gasteiger partial charge in [0.1, 0.15) is 11.3 Å². The Hall–Kier alpha value is -2.26. The van der Waals surface area contributed by atoms with Crippen LogP contribution >= 0.6 is 31.9 Å². The zero-order valence-electron chi connectivity index (χ0n) is 11.4. The lowest BCUT2D eigenvalue weighted by molar-refractivity contribution is 0.533. The number of furan rings is 1. The van der Waals surface area contributed by atoms with E-state index in [0.717, 1.165) is 20.9 Å². The molecule has 0 amide bonds. The molecule has 3 heterocycles. The molecule has 23 heavy (non-hydrogen) atoms. The van der Waals surface area contributed by atoms with Gasteiger partial charge in [0, 0.05) is 17.0 Å². The molecule has 0 aliphatic carbocycles. The molecule has 1 aromatic carbocycles. The van der Waals surface area contributed by atoms with Gasteiger partial charge < -0.3 is 9.40 Å². The van der Waals surface area contributed by atoms with Crippen LogP contribution in [0.4, 0.5) is 5.95 Å². The molecule has 0 saturated carbocycles. The van der Waals surface area contributed by atoms with E-state index in [0.29, 0.717) is 22.0 Å². The molecule has 0 unspecified atom stereocenters. The van der Waals surface area contributed by atoms with E-state index >= 15 is 0 Å². The quantitative estimate of drug-likeness (QED) is 0.373. The van der Waals surface area contributed by atoms with Gasteiger partial charge in [-0.15, -0.1) is 10.2 Å². The highest BCUT2D eigenvalue weighted by Gasteiger charge is 2.08. The fourth-order valence-corrected chi connectivity index (χ4v) is 2.76. The number of fused-ring (bicyclic) bond motifs is 3. The minimum atomic E-state index is 0.296. The summed E-state index contributed by atoms with van der Waals surface area (Å²) in [5.74, 6) is 0.876. The van der Waals surface area contributed by atoms with E-state index < -0.39 is 0 Å². The fraction of sp³-hybridized carbons (Fsp3) is 0. The van der Waals surface area contributed by atoms with E-state index in [2.05, 4.69) is 62.6 Å². The van der Waals surface area contributed by atoms with Gasteiger partial charge in [-0.05, 0) is 37.9 Å². The Morgan fingerprint density at radius 3 is 2.91 bits per heavy atom. The second kappa shape index (κ2) is 5.74. The Morgan fingerprint density at radius 1 is 1.22 bits per heavy atom. The smallest absolute Gasteiger partial charge is 0.265 e. The number of hydrogen-bond donors (Lipinski definition) is 2. The van der Waals surface area contributed by atoms with Crippen molar-refractivity contribution < 1.29 is 4.42 Å². The predicted octanol–water partition coefficient (Wildman–Crippen LogP) is 4.07. The summed E-state index contributed by atoms with van der Waals surface area (Å²) in [5, 5.41) is 13.2. The van der Waals surface area contributed by atoms with Crippen LogP contribution in [-0.4, -0.2) is 26.4 Å². The molecule has 114 valence electrons. The Kier molecular flexibility index (Phi) is 3.58. The monoisotopic (exact) mass is 434 g/mol. The average Bonchev–Trinajstić information content (AvgIpc) is 3.07. The van der Waals surface area contributed by atoms with Gasteiger partial charge in [-0.1, -0.05) is 18.2 Å². The van der Waals surface area contributed by atoms with Gasteiger partial charge in [0.05, 0.1) is 10.7 Å². The highest BCUT2D eigenvalue weighted by Crippen LogP contribution is 2.26. The van der Waals surface area contributed by atoms with E-state index in [1.807, 2.05) is 24.3 Å². The van der Waals surface area contributed by atoms with Crippen LogP contribution in [0.5, 0.6) is 0 Å². The van der Waals surface area contributed by atoms with Crippen molar-refractivity contribution in [3.63, 3.8) is 0 Å². The first-order valence-electron chi connectivity index (χ1n) is 6.56. The predicted molar refractivity (Wildman–Crippen MR) is 94.5 cm³/mol. The number of nitrogens with one attached hydrogen (secondary N) is 2. The summed E-state index contributed by atoms with van der Waals surface area (Å²) < 4.78 is 6.80. The van der Waals surface area contributed by atoms with Gasteiger partial charge in [-0.2, -0.15) is 10.1 Å². The van der Waals surface area contributed by atoms with Gasteiger partial charge in [-0.25, -0.2) is 5.43 Å². The third kappa shape index (κ3) is 2.73. The maximum atomic E-state index is 5.38. The van der Waals surface area contributed by atoms with Crippen molar-refractivity contribution in [1.82, 2.24) is 20.2 Å². The van der Waals surface area contributed by atoms with E-state index in [-0.39, 0.29) is 0 Å². The summed E-state index contributed by atoms with van der Waals surface area (Å²) in [6.07, 6.45) is 1.52. The van der Waals surface area contributed by atoms with E-state index in [4.69, 9.17) is 4.42 Å². The Bertz CT molecular complexity index is 1020. The van der Waals surface area contributed by atoms with Crippen molar-refractivity contribution in [1.29, 1.82) is 0 Å². The lowest BCUT2D eigenvalue weighted by Gasteiger charge is -1.96. The molecule has 0 aliphatic heterocycles. The maximum absolute atomic E-state index is 5.38. The molecule has 0 fully saturated rings. The zero-order chi connectivity index (χ0) is 15.8. The first-order valence-corrected chi connectivity index (χ1v) is 8.14. The molecule has 4 rings (SSSR count). The minimum absolute atomic E-state index is 0.296. The van der Waals surface area contributed by atoms with Crippen LogP contribution < -0.4 is 5.43 Å². The van der Waals surface area contributed by atoms with Crippen LogP contribution in [0, 0.1) is 0 Å². The molecule has 9 heteroatoms. The van der Waals surface area contributed by atoms with Crippen molar-refractivity contribution in [3.05, 3.63) is 45.2 Å². The molecule has 0 spiro atoms. The molecule has 4 aromatic rings. The van der Waals surface area contributed by atoms with Crippen molar-refractivity contribution >= 4 is 66.1 Å². The average molecular weight is 436 g/mol. The van der Waals surface area contributed by atoms with Crippen molar-refractivity contribution in [2.75, 3.05) is 5.43 Å².